The molecule has 0 radical (unpaired) electrons. The summed E-state index contributed by atoms with van der Waals surface area (Å²) in [6.07, 6.45) is 2.04. The molecular formula is C15H23N3O. The first-order valence-electron chi connectivity index (χ1n) is 6.89. The van der Waals surface area contributed by atoms with Gasteiger partial charge in [0, 0.05) is 13.1 Å². The lowest BCUT2D eigenvalue weighted by Gasteiger charge is -2.16. The van der Waals surface area contributed by atoms with Crippen molar-refractivity contribution in [2.45, 2.75) is 32.0 Å². The zero-order chi connectivity index (χ0) is 13.7. The Morgan fingerprint density at radius 2 is 2.11 bits per heavy atom. The van der Waals surface area contributed by atoms with Crippen LogP contribution >= 0.6 is 0 Å². The van der Waals surface area contributed by atoms with E-state index in [0.29, 0.717) is 6.54 Å². The first-order valence-corrected chi connectivity index (χ1v) is 6.89. The minimum absolute atomic E-state index is 0.000936. The van der Waals surface area contributed by atoms with Crippen LogP contribution in [0.2, 0.25) is 0 Å². The van der Waals surface area contributed by atoms with Gasteiger partial charge in [-0.3, -0.25) is 4.79 Å². The molecule has 0 saturated carbocycles. The zero-order valence-corrected chi connectivity index (χ0v) is 11.8. The van der Waals surface area contributed by atoms with Crippen molar-refractivity contribution in [1.29, 1.82) is 0 Å². The van der Waals surface area contributed by atoms with Gasteiger partial charge in [-0.1, -0.05) is 24.3 Å². The smallest absolute Gasteiger partial charge is 0.237 e. The fourth-order valence-corrected chi connectivity index (χ4v) is 2.44. The molecule has 1 fully saturated rings. The van der Waals surface area contributed by atoms with E-state index in [0.717, 1.165) is 25.9 Å². The monoisotopic (exact) mass is 261 g/mol. The van der Waals surface area contributed by atoms with E-state index in [1.165, 1.54) is 11.1 Å². The van der Waals surface area contributed by atoms with Crippen LogP contribution in [0.5, 0.6) is 0 Å². The van der Waals surface area contributed by atoms with Gasteiger partial charge in [0.2, 0.25) is 5.91 Å². The highest BCUT2D eigenvalue weighted by molar-refractivity contribution is 5.82. The Labute approximate surface area is 115 Å². The maximum atomic E-state index is 12.0. The van der Waals surface area contributed by atoms with Crippen LogP contribution in [0.4, 0.5) is 0 Å². The zero-order valence-electron chi connectivity index (χ0n) is 11.8. The number of carbonyl (C=O) groups excluding carboxylic acids is 1. The first kappa shape index (κ1) is 14.0. The molecule has 2 N–H and O–H groups in total. The summed E-state index contributed by atoms with van der Waals surface area (Å²) in [4.78, 5) is 14.1. The standard InChI is InChI=1S/C15H23N3O/c1-18(2)11-13-7-4-3-6-12(13)10-17-15(19)14-8-5-9-16-14/h3-4,6-7,14,16H,5,8-11H2,1-2H3,(H,17,19)/t14-/m0/s1. The number of hydrogen-bond acceptors (Lipinski definition) is 3. The number of carbonyl (C=O) groups is 1. The molecule has 0 bridgehead atoms. The Kier molecular flexibility index (Phi) is 4.93. The number of nitrogens with one attached hydrogen (secondary N) is 2. The Bertz CT molecular complexity index is 425. The lowest BCUT2D eigenvalue weighted by molar-refractivity contribution is -0.122. The van der Waals surface area contributed by atoms with Crippen LogP contribution in [0, 0.1) is 0 Å². The fourth-order valence-electron chi connectivity index (χ4n) is 2.44. The van der Waals surface area contributed by atoms with Gasteiger partial charge in [0.15, 0.2) is 0 Å². The highest BCUT2D eigenvalue weighted by Gasteiger charge is 2.21. The summed E-state index contributed by atoms with van der Waals surface area (Å²) >= 11 is 0. The van der Waals surface area contributed by atoms with Crippen LogP contribution in [0.1, 0.15) is 24.0 Å². The van der Waals surface area contributed by atoms with Crippen molar-refractivity contribution in [3.8, 4) is 0 Å². The largest absolute Gasteiger partial charge is 0.351 e. The van der Waals surface area contributed by atoms with Gasteiger partial charge >= 0.3 is 0 Å². The van der Waals surface area contributed by atoms with Crippen molar-refractivity contribution in [3.63, 3.8) is 0 Å². The van der Waals surface area contributed by atoms with Gasteiger partial charge in [0.05, 0.1) is 6.04 Å². The highest BCUT2D eigenvalue weighted by atomic mass is 16.2. The molecule has 0 spiro atoms. The third-order valence-corrected chi connectivity index (χ3v) is 3.43. The van der Waals surface area contributed by atoms with Crippen LogP contribution < -0.4 is 10.6 Å². The molecule has 1 aromatic rings. The normalized spacial score (nSPS) is 18.8. The molecule has 1 aromatic carbocycles. The van der Waals surface area contributed by atoms with Crippen molar-refractivity contribution < 1.29 is 4.79 Å². The first-order chi connectivity index (χ1) is 9.16. The molecule has 4 nitrogen and oxygen atoms in total. The van der Waals surface area contributed by atoms with Gasteiger partial charge in [-0.15, -0.1) is 0 Å². The third-order valence-electron chi connectivity index (χ3n) is 3.43. The van der Waals surface area contributed by atoms with E-state index in [9.17, 15) is 4.79 Å². The van der Waals surface area contributed by atoms with E-state index in [4.69, 9.17) is 0 Å². The highest BCUT2D eigenvalue weighted by Crippen LogP contribution is 2.11. The number of amides is 1. The van der Waals surface area contributed by atoms with Crippen LogP contribution in [-0.2, 0) is 17.9 Å². The number of nitrogens with zero attached hydrogens (tertiary/aromatic N) is 1. The molecule has 1 heterocycles. The topological polar surface area (TPSA) is 44.4 Å². The van der Waals surface area contributed by atoms with E-state index in [1.54, 1.807) is 0 Å². The van der Waals surface area contributed by atoms with Crippen LogP contribution in [0.15, 0.2) is 24.3 Å². The maximum absolute atomic E-state index is 12.0. The molecule has 1 saturated heterocycles. The van der Waals surface area contributed by atoms with Crippen molar-refractivity contribution >= 4 is 5.91 Å². The summed E-state index contributed by atoms with van der Waals surface area (Å²) < 4.78 is 0. The Hall–Kier alpha value is -1.39. The molecule has 4 heteroatoms. The van der Waals surface area contributed by atoms with Gasteiger partial charge in [-0.05, 0) is 44.6 Å². The SMILES string of the molecule is CN(C)Cc1ccccc1CNC(=O)[C@@H]1CCCN1. The lowest BCUT2D eigenvalue weighted by atomic mass is 10.1. The molecule has 0 aromatic heterocycles. The molecule has 1 aliphatic rings. The molecular weight excluding hydrogens is 238 g/mol. The number of rotatable bonds is 5. The Balaban J connectivity index is 1.93. The summed E-state index contributed by atoms with van der Waals surface area (Å²) in [5, 5.41) is 6.25. The molecule has 0 aliphatic carbocycles. The summed E-state index contributed by atoms with van der Waals surface area (Å²) in [6, 6.07) is 8.27. The molecule has 104 valence electrons. The van der Waals surface area contributed by atoms with Crippen molar-refractivity contribution in [2.75, 3.05) is 20.6 Å². The minimum Gasteiger partial charge on any atom is -0.351 e. The summed E-state index contributed by atoms with van der Waals surface area (Å²) in [6.45, 7) is 2.46. The van der Waals surface area contributed by atoms with E-state index in [-0.39, 0.29) is 11.9 Å². The summed E-state index contributed by atoms with van der Waals surface area (Å²) in [5.74, 6) is 0.122. The van der Waals surface area contributed by atoms with Gasteiger partial charge < -0.3 is 15.5 Å². The number of hydrogen-bond donors (Lipinski definition) is 2. The van der Waals surface area contributed by atoms with E-state index < -0.39 is 0 Å². The summed E-state index contributed by atoms with van der Waals surface area (Å²) in [7, 11) is 4.11. The molecule has 1 amide bonds. The Morgan fingerprint density at radius 3 is 2.74 bits per heavy atom. The predicted octanol–water partition coefficient (Wildman–Crippen LogP) is 1.12. The predicted molar refractivity (Wildman–Crippen MR) is 76.7 cm³/mol. The molecule has 19 heavy (non-hydrogen) atoms. The second kappa shape index (κ2) is 6.68. The number of benzene rings is 1. The maximum Gasteiger partial charge on any atom is 0.237 e. The lowest BCUT2D eigenvalue weighted by Crippen LogP contribution is -2.40. The van der Waals surface area contributed by atoms with E-state index >= 15 is 0 Å². The molecule has 0 unspecified atom stereocenters. The minimum atomic E-state index is 0.000936. The van der Waals surface area contributed by atoms with Crippen LogP contribution in [0.3, 0.4) is 0 Å². The molecule has 1 atom stereocenters. The quantitative estimate of drug-likeness (QED) is 0.835. The second-order valence-corrected chi connectivity index (χ2v) is 5.37. The third kappa shape index (κ3) is 4.04. The average Bonchev–Trinajstić information content (AvgIpc) is 2.90. The fraction of sp³-hybridized carbons (Fsp3) is 0.533. The van der Waals surface area contributed by atoms with Gasteiger partial charge in [-0.25, -0.2) is 0 Å². The Morgan fingerprint density at radius 1 is 1.37 bits per heavy atom. The van der Waals surface area contributed by atoms with Crippen molar-refractivity contribution in [3.05, 3.63) is 35.4 Å². The van der Waals surface area contributed by atoms with Crippen molar-refractivity contribution in [1.82, 2.24) is 15.5 Å². The molecule has 1 aliphatic heterocycles. The average molecular weight is 261 g/mol. The summed E-state index contributed by atoms with van der Waals surface area (Å²) in [5.41, 5.74) is 2.47. The van der Waals surface area contributed by atoms with Crippen LogP contribution in [0.25, 0.3) is 0 Å². The van der Waals surface area contributed by atoms with Gasteiger partial charge in [0.25, 0.3) is 0 Å². The van der Waals surface area contributed by atoms with Crippen LogP contribution in [-0.4, -0.2) is 37.5 Å². The van der Waals surface area contributed by atoms with E-state index in [2.05, 4.69) is 41.8 Å². The van der Waals surface area contributed by atoms with Crippen molar-refractivity contribution in [2.24, 2.45) is 0 Å². The second-order valence-electron chi connectivity index (χ2n) is 5.37. The van der Waals surface area contributed by atoms with Gasteiger partial charge in [0.1, 0.15) is 0 Å². The molecule has 2 rings (SSSR count). The van der Waals surface area contributed by atoms with Gasteiger partial charge in [-0.2, -0.15) is 0 Å². The van der Waals surface area contributed by atoms with E-state index in [1.807, 2.05) is 12.1 Å².